The minimum absolute atomic E-state index is 0. The highest BCUT2D eigenvalue weighted by atomic mass is 35.5. The van der Waals surface area contributed by atoms with Crippen molar-refractivity contribution in [3.63, 3.8) is 0 Å². The van der Waals surface area contributed by atoms with Crippen molar-refractivity contribution in [2.45, 2.75) is 13.0 Å². The molecule has 0 aliphatic carbocycles. The van der Waals surface area contributed by atoms with Gasteiger partial charge >= 0.3 is 0 Å². The molecule has 0 bridgehead atoms. The Morgan fingerprint density at radius 2 is 1.82 bits per heavy atom. The average Bonchev–Trinajstić information content (AvgIpc) is 3.14. The maximum atomic E-state index is 12.7. The van der Waals surface area contributed by atoms with E-state index in [2.05, 4.69) is 4.98 Å². The summed E-state index contributed by atoms with van der Waals surface area (Å²) < 4.78 is 7.62. The molecule has 0 atom stereocenters. The van der Waals surface area contributed by atoms with Crippen molar-refractivity contribution >= 4 is 29.2 Å². The van der Waals surface area contributed by atoms with Gasteiger partial charge < -0.3 is 10.5 Å². The molecule has 2 N–H and O–H groups in total. The number of hydrogen-bond donors (Lipinski definition) is 1. The molecule has 0 saturated carbocycles. The number of ether oxygens (including phenoxy) is 1. The van der Waals surface area contributed by atoms with Crippen LogP contribution in [0.5, 0.6) is 11.6 Å². The fourth-order valence-electron chi connectivity index (χ4n) is 3.05. The van der Waals surface area contributed by atoms with Gasteiger partial charge in [0.1, 0.15) is 5.75 Å². The quantitative estimate of drug-likeness (QED) is 0.538. The van der Waals surface area contributed by atoms with E-state index in [1.165, 1.54) is 0 Å². The molecule has 0 amide bonds. The van der Waals surface area contributed by atoms with E-state index in [1.807, 2.05) is 66.7 Å². The van der Waals surface area contributed by atoms with Gasteiger partial charge in [0.25, 0.3) is 0 Å². The van der Waals surface area contributed by atoms with Gasteiger partial charge in [-0.2, -0.15) is 0 Å². The van der Waals surface area contributed by atoms with E-state index in [0.717, 1.165) is 22.0 Å². The maximum absolute atomic E-state index is 12.7. The van der Waals surface area contributed by atoms with E-state index in [0.29, 0.717) is 24.6 Å². The van der Waals surface area contributed by atoms with Gasteiger partial charge in [0.2, 0.25) is 11.8 Å². The predicted octanol–water partition coefficient (Wildman–Crippen LogP) is 4.59. The number of benzene rings is 2. The molecular weight excluding hydrogens is 374 g/mol. The summed E-state index contributed by atoms with van der Waals surface area (Å²) in [6.45, 7) is 0.424. The molecule has 0 aliphatic rings. The summed E-state index contributed by atoms with van der Waals surface area (Å²) in [6, 6.07) is 20.9. The standard InChI is InChI=1S/C22H19N3O2.ClH/c23-15-17-9-11-24-21(13-17)27-20-8-4-7-19-18(20)10-12-25(19)22(26)14-16-5-2-1-3-6-16;/h1-13H,14-15,23H2;1H. The fourth-order valence-corrected chi connectivity index (χ4v) is 3.05. The zero-order chi connectivity index (χ0) is 18.6. The topological polar surface area (TPSA) is 70.1 Å². The second kappa shape index (κ2) is 8.69. The van der Waals surface area contributed by atoms with Crippen LogP contribution >= 0.6 is 12.4 Å². The van der Waals surface area contributed by atoms with E-state index < -0.39 is 0 Å². The molecule has 0 spiro atoms. The first-order chi connectivity index (χ1) is 13.2. The molecule has 4 rings (SSSR count). The number of fused-ring (bicyclic) bond motifs is 1. The number of halogens is 1. The molecular formula is C22H20ClN3O2. The van der Waals surface area contributed by atoms with Crippen molar-refractivity contribution < 1.29 is 9.53 Å². The highest BCUT2D eigenvalue weighted by molar-refractivity contribution is 5.96. The zero-order valence-corrected chi connectivity index (χ0v) is 15.9. The highest BCUT2D eigenvalue weighted by Gasteiger charge is 2.13. The third-order valence-corrected chi connectivity index (χ3v) is 4.41. The van der Waals surface area contributed by atoms with Gasteiger partial charge in [0, 0.05) is 30.4 Å². The van der Waals surface area contributed by atoms with Crippen molar-refractivity contribution in [2.24, 2.45) is 5.73 Å². The second-order valence-corrected chi connectivity index (χ2v) is 6.24. The van der Waals surface area contributed by atoms with Crippen molar-refractivity contribution in [1.82, 2.24) is 9.55 Å². The van der Waals surface area contributed by atoms with Crippen LogP contribution in [0.4, 0.5) is 0 Å². The van der Waals surface area contributed by atoms with Crippen LogP contribution in [0.15, 0.2) is 79.1 Å². The number of carbonyl (C=O) groups is 1. The first-order valence-electron chi connectivity index (χ1n) is 8.74. The molecule has 0 aliphatic heterocycles. The SMILES string of the molecule is Cl.NCc1ccnc(Oc2cccc3c2ccn3C(=O)Cc2ccccc2)c1. The van der Waals surface area contributed by atoms with Gasteiger partial charge in [0.05, 0.1) is 11.9 Å². The van der Waals surface area contributed by atoms with Gasteiger partial charge in [-0.05, 0) is 35.4 Å². The van der Waals surface area contributed by atoms with Crippen LogP contribution in [-0.4, -0.2) is 15.5 Å². The molecule has 2 aromatic carbocycles. The molecule has 0 saturated heterocycles. The minimum atomic E-state index is 0. The van der Waals surface area contributed by atoms with Crippen LogP contribution < -0.4 is 10.5 Å². The average molecular weight is 394 g/mol. The van der Waals surface area contributed by atoms with E-state index in [-0.39, 0.29) is 18.3 Å². The van der Waals surface area contributed by atoms with Crippen LogP contribution in [0.3, 0.4) is 0 Å². The Hall–Kier alpha value is -3.15. The number of hydrogen-bond acceptors (Lipinski definition) is 4. The van der Waals surface area contributed by atoms with Crippen LogP contribution in [0, 0.1) is 0 Å². The highest BCUT2D eigenvalue weighted by Crippen LogP contribution is 2.30. The number of nitrogens with zero attached hydrogens (tertiary/aromatic N) is 2. The molecule has 0 radical (unpaired) electrons. The second-order valence-electron chi connectivity index (χ2n) is 6.24. The Bertz CT molecular complexity index is 1090. The number of carbonyl (C=O) groups excluding carboxylic acids is 1. The smallest absolute Gasteiger partial charge is 0.235 e. The largest absolute Gasteiger partial charge is 0.438 e. The summed E-state index contributed by atoms with van der Waals surface area (Å²) in [5.41, 5.74) is 8.42. The van der Waals surface area contributed by atoms with Crippen molar-refractivity contribution in [2.75, 3.05) is 0 Å². The number of pyridine rings is 1. The first kappa shape index (κ1) is 19.6. The summed E-state index contributed by atoms with van der Waals surface area (Å²) in [7, 11) is 0. The monoisotopic (exact) mass is 393 g/mol. The summed E-state index contributed by atoms with van der Waals surface area (Å²) in [5, 5.41) is 0.860. The summed E-state index contributed by atoms with van der Waals surface area (Å²) in [5.74, 6) is 1.14. The Balaban J connectivity index is 0.00000225. The van der Waals surface area contributed by atoms with E-state index in [4.69, 9.17) is 10.5 Å². The van der Waals surface area contributed by atoms with Crippen LogP contribution in [0.25, 0.3) is 10.9 Å². The molecule has 0 fully saturated rings. The molecule has 2 aromatic heterocycles. The Kier molecular flexibility index (Phi) is 6.09. The molecule has 4 aromatic rings. The molecule has 28 heavy (non-hydrogen) atoms. The lowest BCUT2D eigenvalue weighted by Crippen LogP contribution is -2.12. The van der Waals surface area contributed by atoms with Crippen LogP contribution in [0.1, 0.15) is 15.9 Å². The van der Waals surface area contributed by atoms with Gasteiger partial charge in [0.15, 0.2) is 0 Å². The third kappa shape index (κ3) is 4.06. The third-order valence-electron chi connectivity index (χ3n) is 4.41. The lowest BCUT2D eigenvalue weighted by Gasteiger charge is -2.08. The fraction of sp³-hybridized carbons (Fsp3) is 0.0909. The molecule has 2 heterocycles. The van der Waals surface area contributed by atoms with E-state index in [1.54, 1.807) is 17.0 Å². The number of rotatable bonds is 5. The van der Waals surface area contributed by atoms with E-state index >= 15 is 0 Å². The van der Waals surface area contributed by atoms with Gasteiger partial charge in [-0.1, -0.05) is 36.4 Å². The lowest BCUT2D eigenvalue weighted by atomic mass is 10.1. The van der Waals surface area contributed by atoms with Gasteiger partial charge in [-0.3, -0.25) is 9.36 Å². The van der Waals surface area contributed by atoms with E-state index in [9.17, 15) is 4.79 Å². The van der Waals surface area contributed by atoms with Gasteiger partial charge in [-0.25, -0.2) is 4.98 Å². The zero-order valence-electron chi connectivity index (χ0n) is 15.1. The minimum Gasteiger partial charge on any atom is -0.438 e. The first-order valence-corrected chi connectivity index (χ1v) is 8.74. The predicted molar refractivity (Wildman–Crippen MR) is 112 cm³/mol. The Morgan fingerprint density at radius 1 is 1.00 bits per heavy atom. The summed E-state index contributed by atoms with van der Waals surface area (Å²) >= 11 is 0. The summed E-state index contributed by atoms with van der Waals surface area (Å²) in [4.78, 5) is 17.0. The molecule has 142 valence electrons. The van der Waals surface area contributed by atoms with Gasteiger partial charge in [-0.15, -0.1) is 12.4 Å². The molecule has 6 heteroatoms. The summed E-state index contributed by atoms with van der Waals surface area (Å²) in [6.07, 6.45) is 3.80. The Morgan fingerprint density at radius 3 is 2.61 bits per heavy atom. The normalized spacial score (nSPS) is 10.5. The Labute approximate surface area is 169 Å². The molecule has 0 unspecified atom stereocenters. The number of aromatic nitrogens is 2. The van der Waals surface area contributed by atoms with Crippen molar-refractivity contribution in [3.8, 4) is 11.6 Å². The lowest BCUT2D eigenvalue weighted by molar-refractivity contribution is 0.0919. The van der Waals surface area contributed by atoms with Crippen LogP contribution in [-0.2, 0) is 13.0 Å². The maximum Gasteiger partial charge on any atom is 0.235 e. The molecule has 5 nitrogen and oxygen atoms in total. The van der Waals surface area contributed by atoms with Crippen molar-refractivity contribution in [3.05, 3.63) is 90.3 Å². The number of nitrogens with two attached hydrogens (primary N) is 1. The van der Waals surface area contributed by atoms with Crippen molar-refractivity contribution in [1.29, 1.82) is 0 Å². The van der Waals surface area contributed by atoms with Crippen LogP contribution in [0.2, 0.25) is 0 Å².